The van der Waals surface area contributed by atoms with Crippen LogP contribution in [-0.4, -0.2) is 45.2 Å². The molecule has 2 saturated carbocycles. The summed E-state index contributed by atoms with van der Waals surface area (Å²) >= 11 is 0. The van der Waals surface area contributed by atoms with E-state index in [2.05, 4.69) is 82.9 Å². The second-order valence-electron chi connectivity index (χ2n) is 15.0. The molecule has 1 amide bonds. The summed E-state index contributed by atoms with van der Waals surface area (Å²) in [6, 6.07) is 6.22. The van der Waals surface area contributed by atoms with Crippen LogP contribution in [0.4, 0.5) is 0 Å². The third-order valence-electron chi connectivity index (χ3n) is 10.7. The minimum Gasteiger partial charge on any atom is -0.332 e. The van der Waals surface area contributed by atoms with Gasteiger partial charge in [-0.25, -0.2) is 4.98 Å². The summed E-state index contributed by atoms with van der Waals surface area (Å²) in [6.45, 7) is 18.8. The van der Waals surface area contributed by atoms with Gasteiger partial charge >= 0.3 is 0 Å². The first-order valence-corrected chi connectivity index (χ1v) is 19.1. The Labute approximate surface area is 265 Å². The van der Waals surface area contributed by atoms with Gasteiger partial charge in [0.15, 0.2) is 0 Å². The molecule has 0 aromatic carbocycles. The molecule has 44 heavy (non-hydrogen) atoms. The van der Waals surface area contributed by atoms with Gasteiger partial charge in [-0.3, -0.25) is 14.5 Å². The maximum absolute atomic E-state index is 13.4. The molecule has 0 N–H and O–H groups in total. The Morgan fingerprint density at radius 2 is 1.68 bits per heavy atom. The number of amides is 1. The first-order chi connectivity index (χ1) is 21.0. The molecule has 3 aromatic rings. The van der Waals surface area contributed by atoms with Crippen LogP contribution in [0, 0.1) is 22.8 Å². The first kappa shape index (κ1) is 30.8. The molecule has 6 nitrogen and oxygen atoms in total. The number of aromatic nitrogens is 4. The Balaban J connectivity index is 1.40. The van der Waals surface area contributed by atoms with Gasteiger partial charge in [-0.1, -0.05) is 67.2 Å². The fourth-order valence-corrected chi connectivity index (χ4v) is 13.3. The van der Waals surface area contributed by atoms with Gasteiger partial charge in [-0.15, -0.1) is 5.54 Å². The predicted octanol–water partition coefficient (Wildman–Crippen LogP) is 8.52. The Morgan fingerprint density at radius 3 is 2.34 bits per heavy atom. The summed E-state index contributed by atoms with van der Waals surface area (Å²) in [4.78, 5) is 25.4. The van der Waals surface area contributed by atoms with Crippen LogP contribution >= 0.6 is 0 Å². The molecule has 6 rings (SSSR count). The van der Waals surface area contributed by atoms with E-state index < -0.39 is 8.07 Å². The number of rotatable bonds is 9. The zero-order valence-electron chi connectivity index (χ0n) is 27.8. The summed E-state index contributed by atoms with van der Waals surface area (Å²) in [5, 5.41) is 4.79. The Kier molecular flexibility index (Phi) is 8.34. The van der Waals surface area contributed by atoms with E-state index in [0.717, 1.165) is 46.9 Å². The predicted molar refractivity (Wildman–Crippen MR) is 181 cm³/mol. The van der Waals surface area contributed by atoms with Gasteiger partial charge in [0.1, 0.15) is 13.8 Å². The second-order valence-corrected chi connectivity index (χ2v) is 20.6. The van der Waals surface area contributed by atoms with Crippen molar-refractivity contribution in [3.05, 3.63) is 53.7 Å². The Morgan fingerprint density at radius 1 is 0.977 bits per heavy atom. The molecule has 0 atom stereocenters. The topological polar surface area (TPSA) is 63.9 Å². The monoisotopic (exact) mass is 607 g/mol. The molecule has 0 bridgehead atoms. The minimum absolute atomic E-state index is 0.0953. The van der Waals surface area contributed by atoms with E-state index in [1.807, 2.05) is 23.4 Å². The van der Waals surface area contributed by atoms with Gasteiger partial charge in [-0.05, 0) is 71.8 Å². The molecule has 0 spiro atoms. The highest BCUT2D eigenvalue weighted by molar-refractivity contribution is 6.90. The number of fused-ring (bicyclic) bond motifs is 1. The summed E-state index contributed by atoms with van der Waals surface area (Å²) < 4.78 is 2.10. The summed E-state index contributed by atoms with van der Waals surface area (Å²) in [6.07, 6.45) is 13.6. The first-order valence-electron chi connectivity index (χ1n) is 16.8. The van der Waals surface area contributed by atoms with Crippen molar-refractivity contribution in [3.63, 3.8) is 0 Å². The molecule has 3 aromatic heterocycles. The molecule has 2 fully saturated rings. The van der Waals surface area contributed by atoms with Crippen molar-refractivity contribution in [2.24, 2.45) is 11.3 Å². The zero-order valence-corrected chi connectivity index (χ0v) is 28.8. The lowest BCUT2D eigenvalue weighted by Gasteiger charge is -2.38. The molecule has 3 aliphatic rings. The van der Waals surface area contributed by atoms with Gasteiger partial charge in [-0.2, -0.15) is 5.10 Å². The van der Waals surface area contributed by atoms with Crippen LogP contribution in [-0.2, 0) is 13.1 Å². The van der Waals surface area contributed by atoms with Crippen LogP contribution in [0.1, 0.15) is 109 Å². The maximum Gasteiger partial charge on any atom is 0.256 e. The smallest absolute Gasteiger partial charge is 0.256 e. The van der Waals surface area contributed by atoms with Gasteiger partial charge in [0.25, 0.3) is 5.91 Å². The largest absolute Gasteiger partial charge is 0.332 e. The van der Waals surface area contributed by atoms with E-state index in [9.17, 15) is 4.79 Å². The summed E-state index contributed by atoms with van der Waals surface area (Å²) in [7, 11) is -1.92. The lowest BCUT2D eigenvalue weighted by Crippen LogP contribution is -2.43. The van der Waals surface area contributed by atoms with Crippen LogP contribution in [0.25, 0.3) is 22.4 Å². The van der Waals surface area contributed by atoms with E-state index >= 15 is 0 Å². The SMILES string of the molecule is CC(C)[Si](C#Cc1ccc(-c2cnn(CC3(C)CCCC3)c2)c(-c2cnc3c(c2)C(=O)N(CC2CC2)C3)n1)(C(C)C)C(C)C. The van der Waals surface area contributed by atoms with E-state index in [1.165, 1.54) is 38.5 Å². The Hall–Kier alpha value is -3.24. The van der Waals surface area contributed by atoms with Crippen LogP contribution in [0.3, 0.4) is 0 Å². The second kappa shape index (κ2) is 11.9. The average molecular weight is 608 g/mol. The maximum atomic E-state index is 13.4. The quantitative estimate of drug-likeness (QED) is 0.181. The van der Waals surface area contributed by atoms with Crippen LogP contribution < -0.4 is 0 Å². The van der Waals surface area contributed by atoms with Gasteiger partial charge in [0, 0.05) is 42.2 Å². The molecule has 7 heteroatoms. The Bertz CT molecular complexity index is 1580. The van der Waals surface area contributed by atoms with E-state index in [4.69, 9.17) is 15.1 Å². The highest BCUT2D eigenvalue weighted by Gasteiger charge is 2.42. The van der Waals surface area contributed by atoms with Crippen molar-refractivity contribution in [3.8, 4) is 33.8 Å². The summed E-state index contributed by atoms with van der Waals surface area (Å²) in [5.74, 6) is 4.30. The number of hydrogen-bond acceptors (Lipinski definition) is 4. The molecule has 232 valence electrons. The third kappa shape index (κ3) is 5.90. The van der Waals surface area contributed by atoms with Crippen LogP contribution in [0.2, 0.25) is 16.6 Å². The molecule has 4 heterocycles. The number of carbonyl (C=O) groups excluding carboxylic acids is 1. The number of hydrogen-bond donors (Lipinski definition) is 0. The highest BCUT2D eigenvalue weighted by atomic mass is 28.3. The fraction of sp³-hybridized carbons (Fsp3) is 0.568. The van der Waals surface area contributed by atoms with Crippen molar-refractivity contribution < 1.29 is 4.79 Å². The van der Waals surface area contributed by atoms with Crippen molar-refractivity contribution in [1.82, 2.24) is 24.6 Å². The molecule has 2 aliphatic carbocycles. The molecule has 1 aliphatic heterocycles. The average Bonchev–Trinajstić information content (AvgIpc) is 3.35. The van der Waals surface area contributed by atoms with Gasteiger partial charge in [0.2, 0.25) is 0 Å². The van der Waals surface area contributed by atoms with Crippen LogP contribution in [0.5, 0.6) is 0 Å². The number of pyridine rings is 2. The number of nitrogens with zero attached hydrogens (tertiary/aromatic N) is 5. The van der Waals surface area contributed by atoms with Crippen molar-refractivity contribution in [2.75, 3.05) is 6.54 Å². The molecular weight excluding hydrogens is 559 g/mol. The minimum atomic E-state index is -1.92. The van der Waals surface area contributed by atoms with E-state index in [-0.39, 0.29) is 5.91 Å². The molecule has 0 unspecified atom stereocenters. The van der Waals surface area contributed by atoms with Gasteiger partial charge in [0.05, 0.1) is 29.7 Å². The normalized spacial score (nSPS) is 18.0. The lowest BCUT2D eigenvalue weighted by atomic mass is 9.89. The van der Waals surface area contributed by atoms with E-state index in [0.29, 0.717) is 40.1 Å². The zero-order chi connectivity index (χ0) is 31.2. The van der Waals surface area contributed by atoms with Crippen molar-refractivity contribution in [2.45, 2.75) is 117 Å². The van der Waals surface area contributed by atoms with Crippen LogP contribution in [0.15, 0.2) is 36.8 Å². The summed E-state index contributed by atoms with van der Waals surface area (Å²) in [5.41, 5.74) is 11.9. The van der Waals surface area contributed by atoms with E-state index in [1.54, 1.807) is 0 Å². The fourth-order valence-electron chi connectivity index (χ4n) is 8.07. The van der Waals surface area contributed by atoms with Gasteiger partial charge < -0.3 is 4.90 Å². The van der Waals surface area contributed by atoms with Crippen molar-refractivity contribution in [1.29, 1.82) is 0 Å². The molecular formula is C37H49N5OSi. The lowest BCUT2D eigenvalue weighted by molar-refractivity contribution is 0.0770. The van der Waals surface area contributed by atoms with Crippen molar-refractivity contribution >= 4 is 14.0 Å². The standard InChI is InChI=1S/C37H49N5OSi/c1-25(2)44(26(3)4,27(5)6)17-14-31-12-13-32(30-20-39-42(22-30)24-37(7)15-8-9-16-37)35(40-31)29-18-33-34(38-19-29)23-41(36(33)43)21-28-10-11-28/h12-13,18-20,22,25-28H,8-11,15-16,21,23-24H2,1-7H3. The third-order valence-corrected chi connectivity index (χ3v) is 17.0. The molecule has 0 saturated heterocycles. The highest BCUT2D eigenvalue weighted by Crippen LogP contribution is 2.42. The molecule has 0 radical (unpaired) electrons. The number of carbonyl (C=O) groups is 1.